The first-order valence-electron chi connectivity index (χ1n) is 11.4. The number of anilines is 3. The number of benzene rings is 2. The molecule has 1 aliphatic heterocycles. The van der Waals surface area contributed by atoms with Gasteiger partial charge in [-0.15, -0.1) is 0 Å². The minimum absolute atomic E-state index is 0.121. The Morgan fingerprint density at radius 1 is 0.941 bits per heavy atom. The molecule has 1 saturated heterocycles. The number of hydrogen-bond acceptors (Lipinski definition) is 5. The van der Waals surface area contributed by atoms with Crippen molar-refractivity contribution >= 4 is 29.4 Å². The molecule has 0 aliphatic carbocycles. The number of hydrogen-bond donors (Lipinski definition) is 1. The number of aromatic nitrogens is 1. The van der Waals surface area contributed by atoms with Crippen molar-refractivity contribution in [3.05, 3.63) is 83.7 Å². The Kier molecular flexibility index (Phi) is 8.76. The normalized spacial score (nSPS) is 13.5. The fraction of sp³-hybridized carbons (Fsp3) is 0.296. The topological polar surface area (TPSA) is 68.8 Å². The van der Waals surface area contributed by atoms with Gasteiger partial charge in [0.15, 0.2) is 0 Å². The van der Waals surface area contributed by atoms with Gasteiger partial charge in [0, 0.05) is 68.2 Å². The van der Waals surface area contributed by atoms with Crippen LogP contribution in [0.4, 0.5) is 17.1 Å². The molecule has 0 atom stereocenters. The van der Waals surface area contributed by atoms with E-state index in [1.165, 1.54) is 5.56 Å². The Morgan fingerprint density at radius 2 is 1.56 bits per heavy atom. The molecule has 1 fully saturated rings. The zero-order valence-corrected chi connectivity index (χ0v) is 20.4. The molecule has 0 radical (unpaired) electrons. The zero-order valence-electron chi connectivity index (χ0n) is 20.4. The highest BCUT2D eigenvalue weighted by Crippen LogP contribution is 2.23. The molecule has 1 aliphatic rings. The van der Waals surface area contributed by atoms with Crippen LogP contribution in [0.3, 0.4) is 0 Å². The first-order chi connectivity index (χ1) is 16.4. The summed E-state index contributed by atoms with van der Waals surface area (Å²) in [7, 11) is 4.10. The fourth-order valence-corrected chi connectivity index (χ4v) is 3.78. The largest absolute Gasteiger partial charge is 0.345 e. The van der Waals surface area contributed by atoms with Gasteiger partial charge in [0.05, 0.1) is 0 Å². The summed E-state index contributed by atoms with van der Waals surface area (Å²) in [6, 6.07) is 17.6. The molecule has 7 heteroatoms. The van der Waals surface area contributed by atoms with E-state index in [4.69, 9.17) is 0 Å². The Labute approximate surface area is 202 Å². The summed E-state index contributed by atoms with van der Waals surface area (Å²) in [5.74, 6) is 0.121. The lowest BCUT2D eigenvalue weighted by molar-refractivity contribution is -0.105. The number of amides is 2. The van der Waals surface area contributed by atoms with Crippen LogP contribution >= 0.6 is 0 Å². The van der Waals surface area contributed by atoms with Gasteiger partial charge in [-0.05, 0) is 68.9 Å². The van der Waals surface area contributed by atoms with Crippen LogP contribution in [0.1, 0.15) is 21.5 Å². The summed E-state index contributed by atoms with van der Waals surface area (Å²) >= 11 is 0. The highest BCUT2D eigenvalue weighted by molar-refractivity contribution is 5.94. The van der Waals surface area contributed by atoms with Gasteiger partial charge in [-0.2, -0.15) is 0 Å². The maximum absolute atomic E-state index is 12.5. The van der Waals surface area contributed by atoms with Crippen LogP contribution < -0.4 is 10.2 Å². The van der Waals surface area contributed by atoms with Crippen molar-refractivity contribution in [1.82, 2.24) is 14.8 Å². The third kappa shape index (κ3) is 6.65. The highest BCUT2D eigenvalue weighted by atomic mass is 16.2. The molecular formula is C27H33N5O2. The van der Waals surface area contributed by atoms with Gasteiger partial charge in [-0.25, -0.2) is 0 Å². The van der Waals surface area contributed by atoms with Gasteiger partial charge in [0.25, 0.3) is 5.91 Å². The first kappa shape index (κ1) is 24.9. The van der Waals surface area contributed by atoms with Crippen LogP contribution in [0.25, 0.3) is 0 Å². The van der Waals surface area contributed by atoms with Crippen molar-refractivity contribution in [2.75, 3.05) is 50.5 Å². The van der Waals surface area contributed by atoms with E-state index in [1.54, 1.807) is 12.4 Å². The summed E-state index contributed by atoms with van der Waals surface area (Å²) in [5.41, 5.74) is 6.05. The molecule has 2 amide bonds. The average molecular weight is 460 g/mol. The van der Waals surface area contributed by atoms with Gasteiger partial charge in [-0.3, -0.25) is 14.6 Å². The average Bonchev–Trinajstić information content (AvgIpc) is 2.86. The summed E-state index contributed by atoms with van der Waals surface area (Å²) in [6.07, 6.45) is 4.24. The second-order valence-corrected chi connectivity index (χ2v) is 8.49. The Hall–Kier alpha value is -3.71. The molecule has 34 heavy (non-hydrogen) atoms. The molecule has 0 unspecified atom stereocenters. The molecule has 3 aromatic rings. The number of pyridine rings is 1. The lowest BCUT2D eigenvalue weighted by atomic mass is 10.1. The van der Waals surface area contributed by atoms with Crippen molar-refractivity contribution in [2.24, 2.45) is 0 Å². The van der Waals surface area contributed by atoms with Crippen molar-refractivity contribution < 1.29 is 9.59 Å². The van der Waals surface area contributed by atoms with Gasteiger partial charge in [0.1, 0.15) is 0 Å². The molecule has 4 rings (SSSR count). The van der Waals surface area contributed by atoms with Crippen LogP contribution in [-0.2, 0) is 4.79 Å². The number of piperazine rings is 1. The molecule has 7 nitrogen and oxygen atoms in total. The lowest BCUT2D eigenvalue weighted by Gasteiger charge is -2.32. The van der Waals surface area contributed by atoms with E-state index in [2.05, 4.69) is 27.1 Å². The molecule has 2 aromatic carbocycles. The van der Waals surface area contributed by atoms with Gasteiger partial charge >= 0.3 is 0 Å². The number of nitrogens with one attached hydrogen (secondary N) is 1. The SMILES string of the molecule is CN1CCN(C(=O)c2ccc(N(C)c3ccncc3)cc2)CC1.Cc1ccc(NC=O)c(C)c1. The van der Waals surface area contributed by atoms with E-state index in [0.29, 0.717) is 6.41 Å². The molecular weight excluding hydrogens is 426 g/mol. The zero-order chi connectivity index (χ0) is 24.5. The quantitative estimate of drug-likeness (QED) is 0.582. The number of carbonyl (C=O) groups excluding carboxylic acids is 2. The van der Waals surface area contributed by atoms with Crippen LogP contribution in [0.5, 0.6) is 0 Å². The number of rotatable bonds is 5. The Balaban J connectivity index is 0.000000248. The predicted octanol–water partition coefficient (Wildman–Crippen LogP) is 4.11. The maximum atomic E-state index is 12.5. The van der Waals surface area contributed by atoms with E-state index in [-0.39, 0.29) is 5.91 Å². The number of nitrogens with zero attached hydrogens (tertiary/aromatic N) is 4. The lowest BCUT2D eigenvalue weighted by Crippen LogP contribution is -2.47. The molecule has 1 N–H and O–H groups in total. The second-order valence-electron chi connectivity index (χ2n) is 8.49. The molecule has 178 valence electrons. The first-order valence-corrected chi connectivity index (χ1v) is 11.4. The van der Waals surface area contributed by atoms with Crippen LogP contribution in [-0.4, -0.2) is 67.4 Å². The van der Waals surface area contributed by atoms with Crippen LogP contribution in [0.2, 0.25) is 0 Å². The van der Waals surface area contributed by atoms with E-state index in [9.17, 15) is 9.59 Å². The minimum atomic E-state index is 0.121. The van der Waals surface area contributed by atoms with Crippen molar-refractivity contribution in [3.8, 4) is 0 Å². The summed E-state index contributed by atoms with van der Waals surface area (Å²) < 4.78 is 0. The summed E-state index contributed by atoms with van der Waals surface area (Å²) in [6.45, 7) is 7.47. The van der Waals surface area contributed by atoms with Crippen molar-refractivity contribution in [1.29, 1.82) is 0 Å². The minimum Gasteiger partial charge on any atom is -0.345 e. The third-order valence-corrected chi connectivity index (χ3v) is 5.94. The smallest absolute Gasteiger partial charge is 0.253 e. The maximum Gasteiger partial charge on any atom is 0.253 e. The van der Waals surface area contributed by atoms with Crippen molar-refractivity contribution in [2.45, 2.75) is 13.8 Å². The van der Waals surface area contributed by atoms with Gasteiger partial charge < -0.3 is 20.0 Å². The molecule has 2 heterocycles. The van der Waals surface area contributed by atoms with E-state index in [0.717, 1.165) is 54.4 Å². The molecule has 1 aromatic heterocycles. The highest BCUT2D eigenvalue weighted by Gasteiger charge is 2.20. The van der Waals surface area contributed by atoms with E-state index >= 15 is 0 Å². The fourth-order valence-electron chi connectivity index (χ4n) is 3.78. The molecule has 0 bridgehead atoms. The van der Waals surface area contributed by atoms with E-state index < -0.39 is 0 Å². The van der Waals surface area contributed by atoms with E-state index in [1.807, 2.05) is 80.4 Å². The standard InChI is InChI=1S/C18H22N4O.C9H11NO/c1-20-11-13-22(14-12-20)18(23)15-3-5-16(6-4-15)21(2)17-7-9-19-10-8-17;1-7-3-4-9(10-6-11)8(2)5-7/h3-10H,11-14H2,1-2H3;3-6H,1-2H3,(H,10,11). The van der Waals surface area contributed by atoms with Crippen molar-refractivity contribution in [3.63, 3.8) is 0 Å². The monoisotopic (exact) mass is 459 g/mol. The van der Waals surface area contributed by atoms with Crippen LogP contribution in [0.15, 0.2) is 67.0 Å². The second kappa shape index (κ2) is 12.0. The summed E-state index contributed by atoms with van der Waals surface area (Å²) in [5, 5.41) is 2.62. The Bertz CT molecular complexity index is 1080. The number of likely N-dealkylation sites (N-methyl/N-ethyl adjacent to an activating group) is 1. The van der Waals surface area contributed by atoms with Crippen LogP contribution in [0, 0.1) is 13.8 Å². The van der Waals surface area contributed by atoms with Gasteiger partial charge in [-0.1, -0.05) is 17.7 Å². The number of carbonyl (C=O) groups is 2. The predicted molar refractivity (Wildman–Crippen MR) is 138 cm³/mol. The molecule has 0 spiro atoms. The Morgan fingerprint density at radius 3 is 2.15 bits per heavy atom. The number of aryl methyl sites for hydroxylation is 2. The molecule has 0 saturated carbocycles. The third-order valence-electron chi connectivity index (χ3n) is 5.94. The summed E-state index contributed by atoms with van der Waals surface area (Å²) in [4.78, 5) is 32.9. The van der Waals surface area contributed by atoms with Gasteiger partial charge in [0.2, 0.25) is 6.41 Å².